The fraction of sp³-hybridized carbons (Fsp3) is 0.368. The molecule has 2 aromatic rings. The SMILES string of the molecule is Cc1cccc(F)c1NC(=O)N1C[C@@H]2C[C@H](C1)c1cccc(=O)n1C2. The Kier molecular flexibility index (Phi) is 3.82. The maximum atomic E-state index is 14.0. The van der Waals surface area contributed by atoms with Crippen molar-refractivity contribution in [3.63, 3.8) is 0 Å². The highest BCUT2D eigenvalue weighted by atomic mass is 19.1. The number of carbonyl (C=O) groups excluding carboxylic acids is 1. The third kappa shape index (κ3) is 2.81. The lowest BCUT2D eigenvalue weighted by Gasteiger charge is -2.42. The zero-order valence-electron chi connectivity index (χ0n) is 14.0. The molecule has 130 valence electrons. The predicted octanol–water partition coefficient (Wildman–Crippen LogP) is 2.95. The lowest BCUT2D eigenvalue weighted by molar-refractivity contribution is 0.139. The van der Waals surface area contributed by atoms with E-state index in [1.807, 2.05) is 10.6 Å². The van der Waals surface area contributed by atoms with Gasteiger partial charge in [-0.15, -0.1) is 0 Å². The second kappa shape index (κ2) is 6.02. The first-order chi connectivity index (χ1) is 12.0. The molecule has 6 heteroatoms. The van der Waals surface area contributed by atoms with E-state index in [4.69, 9.17) is 0 Å². The van der Waals surface area contributed by atoms with E-state index in [9.17, 15) is 14.0 Å². The summed E-state index contributed by atoms with van der Waals surface area (Å²) in [5, 5.41) is 2.72. The molecular formula is C19H20FN3O2. The number of amides is 2. The van der Waals surface area contributed by atoms with Crippen LogP contribution >= 0.6 is 0 Å². The van der Waals surface area contributed by atoms with Crippen LogP contribution in [0.25, 0.3) is 0 Å². The zero-order chi connectivity index (χ0) is 17.6. The van der Waals surface area contributed by atoms with Crippen molar-refractivity contribution in [2.24, 2.45) is 5.92 Å². The van der Waals surface area contributed by atoms with E-state index >= 15 is 0 Å². The van der Waals surface area contributed by atoms with Gasteiger partial charge in [-0.25, -0.2) is 9.18 Å². The molecule has 1 aromatic heterocycles. The number of fused-ring (bicyclic) bond motifs is 4. The number of likely N-dealkylation sites (tertiary alicyclic amines) is 1. The van der Waals surface area contributed by atoms with Crippen molar-refractivity contribution in [1.82, 2.24) is 9.47 Å². The Labute approximate surface area is 145 Å². The topological polar surface area (TPSA) is 54.3 Å². The monoisotopic (exact) mass is 341 g/mol. The van der Waals surface area contributed by atoms with Crippen LogP contribution in [-0.4, -0.2) is 28.6 Å². The highest BCUT2D eigenvalue weighted by molar-refractivity contribution is 5.90. The van der Waals surface area contributed by atoms with Gasteiger partial charge >= 0.3 is 6.03 Å². The summed E-state index contributed by atoms with van der Waals surface area (Å²) in [4.78, 5) is 26.5. The van der Waals surface area contributed by atoms with Crippen LogP contribution in [0, 0.1) is 18.7 Å². The molecule has 0 spiro atoms. The summed E-state index contributed by atoms with van der Waals surface area (Å²) in [5.74, 6) is -0.0323. The molecule has 2 atom stereocenters. The van der Waals surface area contributed by atoms with Gasteiger partial charge in [0.1, 0.15) is 5.82 Å². The van der Waals surface area contributed by atoms with Gasteiger partial charge in [0, 0.05) is 37.3 Å². The zero-order valence-corrected chi connectivity index (χ0v) is 14.0. The molecule has 0 radical (unpaired) electrons. The molecule has 5 nitrogen and oxygen atoms in total. The summed E-state index contributed by atoms with van der Waals surface area (Å²) in [6.45, 7) is 3.52. The Bertz CT molecular complexity index is 872. The van der Waals surface area contributed by atoms with E-state index in [0.29, 0.717) is 25.2 Å². The van der Waals surface area contributed by atoms with Crippen molar-refractivity contribution in [1.29, 1.82) is 0 Å². The van der Waals surface area contributed by atoms with E-state index in [1.165, 1.54) is 6.07 Å². The minimum absolute atomic E-state index is 0.0204. The highest BCUT2D eigenvalue weighted by Gasteiger charge is 2.36. The highest BCUT2D eigenvalue weighted by Crippen LogP contribution is 2.35. The first-order valence-corrected chi connectivity index (χ1v) is 8.53. The van der Waals surface area contributed by atoms with Gasteiger partial charge in [-0.2, -0.15) is 0 Å². The number of para-hydroxylation sites is 1. The number of benzene rings is 1. The Morgan fingerprint density at radius 1 is 1.16 bits per heavy atom. The van der Waals surface area contributed by atoms with Gasteiger partial charge in [0.25, 0.3) is 5.56 Å². The standard InChI is InChI=1S/C19H20FN3O2/c1-12-4-2-5-15(20)18(12)21-19(25)22-9-13-8-14(11-22)16-6-3-7-17(24)23(16)10-13/h2-7,13-14H,8-11H2,1H3,(H,21,25)/t13-,14+/m0/s1. The van der Waals surface area contributed by atoms with Gasteiger partial charge in [-0.05, 0) is 37.0 Å². The average Bonchev–Trinajstić information content (AvgIpc) is 2.59. The lowest BCUT2D eigenvalue weighted by atomic mass is 9.83. The molecular weight excluding hydrogens is 321 g/mol. The Morgan fingerprint density at radius 3 is 2.76 bits per heavy atom. The minimum Gasteiger partial charge on any atom is -0.324 e. The molecule has 1 saturated heterocycles. The van der Waals surface area contributed by atoms with Crippen LogP contribution in [-0.2, 0) is 6.54 Å². The van der Waals surface area contributed by atoms with E-state index < -0.39 is 5.82 Å². The predicted molar refractivity (Wildman–Crippen MR) is 93.3 cm³/mol. The quantitative estimate of drug-likeness (QED) is 0.867. The smallest absolute Gasteiger partial charge is 0.321 e. The maximum absolute atomic E-state index is 14.0. The number of hydrogen-bond acceptors (Lipinski definition) is 2. The maximum Gasteiger partial charge on any atom is 0.321 e. The molecule has 3 heterocycles. The Balaban J connectivity index is 1.56. The molecule has 1 fully saturated rings. The average molecular weight is 341 g/mol. The number of halogens is 1. The second-order valence-corrected chi connectivity index (χ2v) is 6.97. The Morgan fingerprint density at radius 2 is 1.96 bits per heavy atom. The summed E-state index contributed by atoms with van der Waals surface area (Å²) in [6, 6.07) is 9.77. The van der Waals surface area contributed by atoms with Gasteiger partial charge in [0.05, 0.1) is 5.69 Å². The molecule has 1 N–H and O–H groups in total. The number of pyridine rings is 1. The Hall–Kier alpha value is -2.63. The van der Waals surface area contributed by atoms with Gasteiger partial charge in [-0.1, -0.05) is 18.2 Å². The van der Waals surface area contributed by atoms with Crippen molar-refractivity contribution in [3.8, 4) is 0 Å². The van der Waals surface area contributed by atoms with Crippen LogP contribution in [0.15, 0.2) is 41.2 Å². The molecule has 4 rings (SSSR count). The van der Waals surface area contributed by atoms with E-state index in [2.05, 4.69) is 5.32 Å². The number of carbonyl (C=O) groups is 1. The number of rotatable bonds is 1. The van der Waals surface area contributed by atoms with Gasteiger partial charge in [0.2, 0.25) is 0 Å². The van der Waals surface area contributed by atoms with Gasteiger partial charge < -0.3 is 14.8 Å². The molecule has 2 bridgehead atoms. The number of nitrogens with zero attached hydrogens (tertiary/aromatic N) is 2. The lowest BCUT2D eigenvalue weighted by Crippen LogP contribution is -2.50. The minimum atomic E-state index is -0.428. The number of nitrogens with one attached hydrogen (secondary N) is 1. The number of piperidine rings is 1. The second-order valence-electron chi connectivity index (χ2n) is 6.97. The van der Waals surface area contributed by atoms with Crippen molar-refractivity contribution < 1.29 is 9.18 Å². The normalized spacial score (nSPS) is 21.6. The number of urea groups is 1. The number of aromatic nitrogens is 1. The molecule has 2 aliphatic heterocycles. The summed E-state index contributed by atoms with van der Waals surface area (Å²) in [6.07, 6.45) is 0.978. The van der Waals surface area contributed by atoms with Crippen LogP contribution < -0.4 is 10.9 Å². The number of aryl methyl sites for hydroxylation is 1. The summed E-state index contributed by atoms with van der Waals surface area (Å²) >= 11 is 0. The van der Waals surface area contributed by atoms with Crippen LogP contribution in [0.5, 0.6) is 0 Å². The molecule has 0 saturated carbocycles. The van der Waals surface area contributed by atoms with Crippen LogP contribution in [0.3, 0.4) is 0 Å². The van der Waals surface area contributed by atoms with E-state index in [-0.39, 0.29) is 29.1 Å². The van der Waals surface area contributed by atoms with Crippen molar-refractivity contribution in [2.75, 3.05) is 18.4 Å². The molecule has 25 heavy (non-hydrogen) atoms. The van der Waals surface area contributed by atoms with Crippen LogP contribution in [0.2, 0.25) is 0 Å². The van der Waals surface area contributed by atoms with Crippen molar-refractivity contribution in [3.05, 3.63) is 63.8 Å². The van der Waals surface area contributed by atoms with E-state index in [1.54, 1.807) is 36.1 Å². The third-order valence-electron chi connectivity index (χ3n) is 5.22. The summed E-state index contributed by atoms with van der Waals surface area (Å²) in [5.41, 5.74) is 1.94. The summed E-state index contributed by atoms with van der Waals surface area (Å²) in [7, 11) is 0. The number of anilines is 1. The number of hydrogen-bond donors (Lipinski definition) is 1. The molecule has 0 aliphatic carbocycles. The largest absolute Gasteiger partial charge is 0.324 e. The fourth-order valence-electron chi connectivity index (χ4n) is 4.04. The van der Waals surface area contributed by atoms with Gasteiger partial charge in [0.15, 0.2) is 0 Å². The molecule has 2 amide bonds. The molecule has 0 unspecified atom stereocenters. The molecule has 2 aliphatic rings. The summed E-state index contributed by atoms with van der Waals surface area (Å²) < 4.78 is 15.8. The van der Waals surface area contributed by atoms with Crippen LogP contribution in [0.1, 0.15) is 23.6 Å². The first-order valence-electron chi connectivity index (χ1n) is 8.53. The van der Waals surface area contributed by atoms with Crippen molar-refractivity contribution >= 4 is 11.7 Å². The van der Waals surface area contributed by atoms with Crippen molar-refractivity contribution in [2.45, 2.75) is 25.8 Å². The third-order valence-corrected chi connectivity index (χ3v) is 5.22. The molecule has 1 aromatic carbocycles. The fourth-order valence-corrected chi connectivity index (χ4v) is 4.04. The first kappa shape index (κ1) is 15.9. The van der Waals surface area contributed by atoms with E-state index in [0.717, 1.165) is 12.1 Å². The van der Waals surface area contributed by atoms with Gasteiger partial charge in [-0.3, -0.25) is 4.79 Å². The van der Waals surface area contributed by atoms with Crippen LogP contribution in [0.4, 0.5) is 14.9 Å².